The van der Waals surface area contributed by atoms with Crippen molar-refractivity contribution in [1.29, 1.82) is 0 Å². The molecule has 4 heterocycles. The number of fused-ring (bicyclic) bond motifs is 1. The number of hydrogen-bond acceptors (Lipinski definition) is 8. The first-order valence-corrected chi connectivity index (χ1v) is 10.3. The van der Waals surface area contributed by atoms with E-state index in [1.165, 1.54) is 11.3 Å². The summed E-state index contributed by atoms with van der Waals surface area (Å²) in [6.07, 6.45) is 0.0447. The number of ether oxygens (including phenoxy) is 2. The molecule has 10 heteroatoms. The Morgan fingerprint density at radius 2 is 1.86 bits per heavy atom. The zero-order valence-corrected chi connectivity index (χ0v) is 16.2. The second-order valence-corrected chi connectivity index (χ2v) is 7.97. The number of carbonyl (C=O) groups excluding carboxylic acids is 1. The molecule has 0 unspecified atom stereocenters. The van der Waals surface area contributed by atoms with Gasteiger partial charge in [-0.25, -0.2) is 4.79 Å². The van der Waals surface area contributed by atoms with Crippen LogP contribution in [-0.2, 0) is 0 Å². The van der Waals surface area contributed by atoms with E-state index in [1.807, 2.05) is 24.3 Å². The Morgan fingerprint density at radius 1 is 1.07 bits per heavy atom. The van der Waals surface area contributed by atoms with Crippen LogP contribution in [0.15, 0.2) is 24.3 Å². The monoisotopic (exact) mass is 402 g/mol. The first kappa shape index (κ1) is 17.5. The fourth-order valence-electron chi connectivity index (χ4n) is 3.66. The molecule has 3 aliphatic heterocycles. The van der Waals surface area contributed by atoms with Gasteiger partial charge < -0.3 is 19.7 Å². The molecule has 0 radical (unpaired) electrons. The first-order valence-electron chi connectivity index (χ1n) is 9.51. The smallest absolute Gasteiger partial charge is 0.323 e. The van der Waals surface area contributed by atoms with Gasteiger partial charge in [-0.2, -0.15) is 0 Å². The molecule has 1 aromatic carbocycles. The van der Waals surface area contributed by atoms with Gasteiger partial charge in [0.1, 0.15) is 12.7 Å². The molecule has 148 valence electrons. The van der Waals surface area contributed by atoms with Gasteiger partial charge in [-0.1, -0.05) is 23.5 Å². The van der Waals surface area contributed by atoms with Crippen LogP contribution < -0.4 is 24.6 Å². The fraction of sp³-hybridized carbons (Fsp3) is 0.500. The lowest BCUT2D eigenvalue weighted by atomic mass is 10.2. The second kappa shape index (κ2) is 7.44. The molecule has 1 atom stereocenters. The molecular weight excluding hydrogens is 380 g/mol. The maximum Gasteiger partial charge on any atom is 0.323 e. The van der Waals surface area contributed by atoms with E-state index in [2.05, 4.69) is 25.3 Å². The predicted molar refractivity (Wildman–Crippen MR) is 106 cm³/mol. The van der Waals surface area contributed by atoms with E-state index in [9.17, 15) is 4.79 Å². The highest BCUT2D eigenvalue weighted by molar-refractivity contribution is 7.19. The van der Waals surface area contributed by atoms with Gasteiger partial charge >= 0.3 is 6.03 Å². The van der Waals surface area contributed by atoms with Crippen molar-refractivity contribution in [2.75, 3.05) is 62.2 Å². The quantitative estimate of drug-likeness (QED) is 0.818. The van der Waals surface area contributed by atoms with Crippen molar-refractivity contribution < 1.29 is 14.3 Å². The van der Waals surface area contributed by atoms with E-state index in [-0.39, 0.29) is 12.1 Å². The highest BCUT2D eigenvalue weighted by Gasteiger charge is 2.28. The lowest BCUT2D eigenvalue weighted by molar-refractivity contribution is 0.0571. The summed E-state index contributed by atoms with van der Waals surface area (Å²) in [5.41, 5.74) is 0. The zero-order chi connectivity index (χ0) is 18.9. The minimum Gasteiger partial charge on any atom is -0.486 e. The molecule has 28 heavy (non-hydrogen) atoms. The number of aromatic nitrogens is 2. The number of piperazine rings is 1. The van der Waals surface area contributed by atoms with Gasteiger partial charge in [0.15, 0.2) is 11.5 Å². The Labute approximate surface area is 166 Å². The van der Waals surface area contributed by atoms with Crippen LogP contribution in [0.3, 0.4) is 0 Å². The Morgan fingerprint density at radius 3 is 2.64 bits per heavy atom. The Balaban J connectivity index is 1.14. The molecule has 0 bridgehead atoms. The van der Waals surface area contributed by atoms with E-state index in [1.54, 1.807) is 4.90 Å². The van der Waals surface area contributed by atoms with Gasteiger partial charge in [0, 0.05) is 45.8 Å². The largest absolute Gasteiger partial charge is 0.486 e. The fourth-order valence-corrected chi connectivity index (χ4v) is 4.58. The van der Waals surface area contributed by atoms with Crippen LogP contribution >= 0.6 is 11.3 Å². The molecule has 1 aromatic heterocycles. The molecule has 0 saturated carbocycles. The minimum absolute atomic E-state index is 0.0447. The van der Waals surface area contributed by atoms with Crippen molar-refractivity contribution in [2.45, 2.75) is 6.10 Å². The summed E-state index contributed by atoms with van der Waals surface area (Å²) < 4.78 is 11.9. The highest BCUT2D eigenvalue weighted by atomic mass is 32.1. The van der Waals surface area contributed by atoms with Crippen LogP contribution in [0.4, 0.5) is 15.1 Å². The van der Waals surface area contributed by atoms with Crippen LogP contribution in [0.1, 0.15) is 0 Å². The summed E-state index contributed by atoms with van der Waals surface area (Å²) in [6.45, 7) is 6.35. The van der Waals surface area contributed by atoms with E-state index < -0.39 is 0 Å². The summed E-state index contributed by atoms with van der Waals surface area (Å²) in [4.78, 5) is 18.1. The number of benzene rings is 1. The lowest BCUT2D eigenvalue weighted by Crippen LogP contribution is -2.50. The number of nitrogens with zero attached hydrogens (tertiary/aromatic N) is 5. The van der Waals surface area contributed by atoms with Crippen LogP contribution in [-0.4, -0.2) is 79.7 Å². The molecule has 2 aromatic rings. The third-order valence-electron chi connectivity index (χ3n) is 5.16. The van der Waals surface area contributed by atoms with Crippen molar-refractivity contribution in [3.8, 4) is 11.5 Å². The topological polar surface area (TPSA) is 83.1 Å². The summed E-state index contributed by atoms with van der Waals surface area (Å²) in [5, 5.41) is 12.8. The number of nitrogens with one attached hydrogen (secondary N) is 1. The molecule has 3 aliphatic rings. The standard InChI is InChI=1S/C18H22N6O3S/c25-16-19-5-6-24(16)18-21-20-17(28-18)23-9-7-22(8-10-23)11-13-12-26-14-3-1-2-4-15(14)27-13/h1-4,13H,5-12H2,(H,19,25)/t13-/m0/s1. The first-order chi connectivity index (χ1) is 13.8. The molecule has 2 saturated heterocycles. The maximum absolute atomic E-state index is 11.8. The van der Waals surface area contributed by atoms with Gasteiger partial charge in [-0.3, -0.25) is 9.80 Å². The van der Waals surface area contributed by atoms with E-state index >= 15 is 0 Å². The van der Waals surface area contributed by atoms with Crippen LogP contribution in [0.5, 0.6) is 11.5 Å². The molecule has 2 amide bonds. The van der Waals surface area contributed by atoms with Gasteiger partial charge in [-0.05, 0) is 12.1 Å². The maximum atomic E-state index is 11.8. The number of anilines is 2. The molecule has 9 nitrogen and oxygen atoms in total. The van der Waals surface area contributed by atoms with E-state index in [0.717, 1.165) is 49.4 Å². The van der Waals surface area contributed by atoms with Crippen molar-refractivity contribution in [1.82, 2.24) is 20.4 Å². The third kappa shape index (κ3) is 3.45. The summed E-state index contributed by atoms with van der Waals surface area (Å²) in [5.74, 6) is 1.65. The zero-order valence-electron chi connectivity index (χ0n) is 15.4. The number of hydrogen-bond donors (Lipinski definition) is 1. The van der Waals surface area contributed by atoms with Gasteiger partial charge in [-0.15, -0.1) is 10.2 Å². The molecule has 2 fully saturated rings. The molecule has 0 aliphatic carbocycles. The number of amides is 2. The van der Waals surface area contributed by atoms with Crippen LogP contribution in [0.25, 0.3) is 0 Å². The molecule has 1 N–H and O–H groups in total. The van der Waals surface area contributed by atoms with Crippen molar-refractivity contribution >= 4 is 27.6 Å². The van der Waals surface area contributed by atoms with Crippen LogP contribution in [0, 0.1) is 0 Å². The van der Waals surface area contributed by atoms with Crippen molar-refractivity contribution in [3.63, 3.8) is 0 Å². The highest BCUT2D eigenvalue weighted by Crippen LogP contribution is 2.31. The lowest BCUT2D eigenvalue weighted by Gasteiger charge is -2.37. The third-order valence-corrected chi connectivity index (χ3v) is 6.17. The Bertz CT molecular complexity index is 853. The number of rotatable bonds is 4. The van der Waals surface area contributed by atoms with Gasteiger partial charge in [0.05, 0.1) is 0 Å². The van der Waals surface area contributed by atoms with Crippen LogP contribution in [0.2, 0.25) is 0 Å². The summed E-state index contributed by atoms with van der Waals surface area (Å²) in [7, 11) is 0. The Kier molecular flexibility index (Phi) is 4.65. The molecule has 0 spiro atoms. The average Bonchev–Trinajstić information content (AvgIpc) is 3.37. The van der Waals surface area contributed by atoms with Crippen molar-refractivity contribution in [2.24, 2.45) is 0 Å². The number of carbonyl (C=O) groups is 1. The summed E-state index contributed by atoms with van der Waals surface area (Å²) in [6, 6.07) is 7.71. The van der Waals surface area contributed by atoms with Gasteiger partial charge in [0.25, 0.3) is 0 Å². The van der Waals surface area contributed by atoms with Gasteiger partial charge in [0.2, 0.25) is 10.3 Å². The summed E-state index contributed by atoms with van der Waals surface area (Å²) >= 11 is 1.48. The Hall–Kier alpha value is -2.59. The second-order valence-electron chi connectivity index (χ2n) is 7.04. The average molecular weight is 402 g/mol. The van der Waals surface area contributed by atoms with E-state index in [4.69, 9.17) is 9.47 Å². The van der Waals surface area contributed by atoms with E-state index in [0.29, 0.717) is 24.8 Å². The predicted octanol–water partition coefficient (Wildman–Crippen LogP) is 1.03. The normalized spacial score (nSPS) is 22.4. The molecular formula is C18H22N6O3S. The van der Waals surface area contributed by atoms with Crippen molar-refractivity contribution in [3.05, 3.63) is 24.3 Å². The SMILES string of the molecule is O=C1NCCN1c1nnc(N2CCN(C[C@H]3COc4ccccc4O3)CC2)s1. The number of urea groups is 1. The minimum atomic E-state index is -0.0937. The molecule has 5 rings (SSSR count). The number of para-hydroxylation sites is 2.